The van der Waals surface area contributed by atoms with Crippen LogP contribution in [-0.4, -0.2) is 16.0 Å². The van der Waals surface area contributed by atoms with Crippen LogP contribution in [0.4, 0.5) is 0 Å². The quantitative estimate of drug-likeness (QED) is 0.784. The highest BCUT2D eigenvalue weighted by Crippen LogP contribution is 2.47. The number of hydrogen-bond donors (Lipinski definition) is 1. The maximum Gasteiger partial charge on any atom is 0.257 e. The molecule has 1 N–H and O–H groups in total. The molecule has 1 saturated carbocycles. The molecule has 0 unspecified atom stereocenters. The second kappa shape index (κ2) is 6.28. The van der Waals surface area contributed by atoms with Crippen LogP contribution in [0.1, 0.15) is 23.7 Å². The predicted molar refractivity (Wildman–Crippen MR) is 88.9 cm³/mol. The van der Waals surface area contributed by atoms with Gasteiger partial charge in [0.1, 0.15) is 0 Å². The molecule has 4 rings (SSSR count). The Hall–Kier alpha value is -2.95. The number of aromatic nitrogens is 2. The van der Waals surface area contributed by atoms with Crippen molar-refractivity contribution in [2.45, 2.75) is 18.9 Å². The van der Waals surface area contributed by atoms with Gasteiger partial charge >= 0.3 is 0 Å². The normalized spacial score (nSPS) is 19.0. The number of benzene rings is 2. The molecule has 2 atom stereocenters. The summed E-state index contributed by atoms with van der Waals surface area (Å²) in [4.78, 5) is 16.6. The molecule has 1 amide bonds. The van der Waals surface area contributed by atoms with Gasteiger partial charge in [-0.3, -0.25) is 4.79 Å². The van der Waals surface area contributed by atoms with Gasteiger partial charge in [0, 0.05) is 11.5 Å². The van der Waals surface area contributed by atoms with E-state index < -0.39 is 0 Å². The van der Waals surface area contributed by atoms with E-state index in [0.717, 1.165) is 12.0 Å². The summed E-state index contributed by atoms with van der Waals surface area (Å²) in [6.07, 6.45) is 0.900. The monoisotopic (exact) mass is 319 g/mol. The lowest BCUT2D eigenvalue weighted by Gasteiger charge is -2.02. The molecule has 1 aromatic heterocycles. The van der Waals surface area contributed by atoms with Crippen LogP contribution in [-0.2, 0) is 11.3 Å². The largest absolute Gasteiger partial charge is 0.348 e. The van der Waals surface area contributed by atoms with Crippen molar-refractivity contribution < 1.29 is 9.32 Å². The van der Waals surface area contributed by atoms with Gasteiger partial charge in [-0.05, 0) is 30.0 Å². The van der Waals surface area contributed by atoms with E-state index >= 15 is 0 Å². The first-order chi connectivity index (χ1) is 11.8. The van der Waals surface area contributed by atoms with Crippen molar-refractivity contribution >= 4 is 5.91 Å². The fraction of sp³-hybridized carbons (Fsp3) is 0.211. The Morgan fingerprint density at radius 3 is 2.54 bits per heavy atom. The summed E-state index contributed by atoms with van der Waals surface area (Å²) in [5.74, 6) is 1.38. The van der Waals surface area contributed by atoms with Gasteiger partial charge < -0.3 is 9.84 Å². The molecule has 1 heterocycles. The van der Waals surface area contributed by atoms with Gasteiger partial charge in [-0.25, -0.2) is 0 Å². The van der Waals surface area contributed by atoms with Crippen molar-refractivity contribution in [1.29, 1.82) is 0 Å². The lowest BCUT2D eigenvalue weighted by Crippen LogP contribution is -2.25. The van der Waals surface area contributed by atoms with Gasteiger partial charge in [-0.2, -0.15) is 4.98 Å². The first-order valence-electron chi connectivity index (χ1n) is 8.02. The molecule has 2 aromatic carbocycles. The zero-order valence-corrected chi connectivity index (χ0v) is 13.1. The zero-order chi connectivity index (χ0) is 16.4. The molecular formula is C19H17N3O2. The standard InChI is InChI=1S/C19H17N3O2/c23-18(16-11-15(16)13-7-3-1-4-8-13)20-12-17-21-19(24-22-17)14-9-5-2-6-10-14/h1-10,15-16H,11-12H2,(H,20,23)/t15-,16+/m1/s1. The molecule has 24 heavy (non-hydrogen) atoms. The molecule has 3 aromatic rings. The van der Waals surface area contributed by atoms with Crippen LogP contribution in [0.5, 0.6) is 0 Å². The van der Waals surface area contributed by atoms with E-state index in [9.17, 15) is 4.79 Å². The smallest absolute Gasteiger partial charge is 0.257 e. The van der Waals surface area contributed by atoms with Crippen molar-refractivity contribution in [3.63, 3.8) is 0 Å². The van der Waals surface area contributed by atoms with Crippen LogP contribution in [0.15, 0.2) is 65.2 Å². The van der Waals surface area contributed by atoms with Gasteiger partial charge in [0.05, 0.1) is 6.54 Å². The van der Waals surface area contributed by atoms with E-state index in [2.05, 4.69) is 27.6 Å². The van der Waals surface area contributed by atoms with Crippen LogP contribution in [0.25, 0.3) is 11.5 Å². The number of nitrogens with one attached hydrogen (secondary N) is 1. The Morgan fingerprint density at radius 1 is 1.08 bits per heavy atom. The van der Waals surface area contributed by atoms with Crippen LogP contribution in [0.2, 0.25) is 0 Å². The molecule has 0 saturated heterocycles. The molecule has 5 nitrogen and oxygen atoms in total. The third-order valence-electron chi connectivity index (χ3n) is 4.26. The van der Waals surface area contributed by atoms with Crippen LogP contribution in [0.3, 0.4) is 0 Å². The summed E-state index contributed by atoms with van der Waals surface area (Å²) in [6.45, 7) is 0.285. The van der Waals surface area contributed by atoms with Gasteiger partial charge in [0.15, 0.2) is 5.82 Å². The molecule has 120 valence electrons. The maximum absolute atomic E-state index is 12.2. The van der Waals surface area contributed by atoms with E-state index in [1.807, 2.05) is 48.5 Å². The lowest BCUT2D eigenvalue weighted by molar-refractivity contribution is -0.122. The van der Waals surface area contributed by atoms with E-state index in [-0.39, 0.29) is 18.4 Å². The fourth-order valence-corrected chi connectivity index (χ4v) is 2.87. The van der Waals surface area contributed by atoms with E-state index in [4.69, 9.17) is 4.52 Å². The average Bonchev–Trinajstić information content (AvgIpc) is 3.31. The lowest BCUT2D eigenvalue weighted by atomic mass is 10.1. The highest BCUT2D eigenvalue weighted by Gasteiger charge is 2.43. The molecule has 0 bridgehead atoms. The van der Waals surface area contributed by atoms with Crippen molar-refractivity contribution in [3.05, 3.63) is 72.1 Å². The number of rotatable bonds is 5. The maximum atomic E-state index is 12.2. The second-order valence-electron chi connectivity index (χ2n) is 5.96. The summed E-state index contributed by atoms with van der Waals surface area (Å²) in [5.41, 5.74) is 2.09. The van der Waals surface area contributed by atoms with E-state index in [1.54, 1.807) is 0 Å². The SMILES string of the molecule is O=C(NCc1noc(-c2ccccc2)n1)[C@H]1C[C@@H]1c1ccccc1. The Morgan fingerprint density at radius 2 is 1.79 bits per heavy atom. The third kappa shape index (κ3) is 3.06. The minimum atomic E-state index is 0.0490. The minimum Gasteiger partial charge on any atom is -0.348 e. The molecule has 1 aliphatic rings. The molecule has 1 aliphatic carbocycles. The van der Waals surface area contributed by atoms with Crippen molar-refractivity contribution in [2.75, 3.05) is 0 Å². The first kappa shape index (κ1) is 14.6. The van der Waals surface area contributed by atoms with Gasteiger partial charge in [-0.15, -0.1) is 0 Å². The molecule has 0 spiro atoms. The third-order valence-corrected chi connectivity index (χ3v) is 4.26. The summed E-state index contributed by atoms with van der Waals surface area (Å²) in [5, 5.41) is 6.82. The Bertz CT molecular complexity index is 830. The molecule has 0 aliphatic heterocycles. The minimum absolute atomic E-state index is 0.0490. The fourth-order valence-electron chi connectivity index (χ4n) is 2.87. The summed E-state index contributed by atoms with van der Waals surface area (Å²) < 4.78 is 5.24. The first-order valence-corrected chi connectivity index (χ1v) is 8.02. The average molecular weight is 319 g/mol. The van der Waals surface area contributed by atoms with Crippen molar-refractivity contribution in [3.8, 4) is 11.5 Å². The Balaban J connectivity index is 1.33. The van der Waals surface area contributed by atoms with E-state index in [0.29, 0.717) is 17.6 Å². The molecule has 5 heteroatoms. The highest BCUT2D eigenvalue weighted by molar-refractivity contribution is 5.82. The van der Waals surface area contributed by atoms with Gasteiger partial charge in [0.25, 0.3) is 5.89 Å². The number of hydrogen-bond acceptors (Lipinski definition) is 4. The molecule has 1 fully saturated rings. The van der Waals surface area contributed by atoms with Crippen LogP contribution >= 0.6 is 0 Å². The highest BCUT2D eigenvalue weighted by atomic mass is 16.5. The number of carbonyl (C=O) groups is 1. The predicted octanol–water partition coefficient (Wildman–Crippen LogP) is 3.16. The van der Waals surface area contributed by atoms with Crippen molar-refractivity contribution in [2.24, 2.45) is 5.92 Å². The van der Waals surface area contributed by atoms with Crippen molar-refractivity contribution in [1.82, 2.24) is 15.5 Å². The Labute approximate surface area is 139 Å². The molecular weight excluding hydrogens is 302 g/mol. The van der Waals surface area contributed by atoms with Gasteiger partial charge in [-0.1, -0.05) is 53.7 Å². The topological polar surface area (TPSA) is 68.0 Å². The second-order valence-corrected chi connectivity index (χ2v) is 5.96. The van der Waals surface area contributed by atoms with Gasteiger partial charge in [0.2, 0.25) is 5.91 Å². The number of amides is 1. The summed E-state index contributed by atoms with van der Waals surface area (Å²) >= 11 is 0. The number of carbonyl (C=O) groups excluding carboxylic acids is 1. The summed E-state index contributed by atoms with van der Waals surface area (Å²) in [7, 11) is 0. The van der Waals surface area contributed by atoms with Crippen LogP contribution in [0, 0.1) is 5.92 Å². The number of nitrogens with zero attached hydrogens (tertiary/aromatic N) is 2. The summed E-state index contributed by atoms with van der Waals surface area (Å²) in [6, 6.07) is 19.7. The Kier molecular flexibility index (Phi) is 3.83. The van der Waals surface area contributed by atoms with E-state index in [1.165, 1.54) is 5.56 Å². The molecule has 0 radical (unpaired) electrons. The van der Waals surface area contributed by atoms with Crippen LogP contribution < -0.4 is 5.32 Å². The zero-order valence-electron chi connectivity index (χ0n) is 13.1.